The highest BCUT2D eigenvalue weighted by Crippen LogP contribution is 2.36. The molecule has 0 aromatic heterocycles. The molecule has 2 aliphatic heterocycles. The first-order valence-corrected chi connectivity index (χ1v) is 14.1. The van der Waals surface area contributed by atoms with Gasteiger partial charge in [0.25, 0.3) is 0 Å². The van der Waals surface area contributed by atoms with Crippen LogP contribution in [0.25, 0.3) is 0 Å². The molecule has 0 bridgehead atoms. The Morgan fingerprint density at radius 2 is 0.841 bits per heavy atom. The quantitative estimate of drug-likeness (QED) is 0.158. The average molecular weight is 699 g/mol. The first kappa shape index (κ1) is 36.8. The molecule has 2 rings (SSSR count). The molecule has 2 heterocycles. The van der Waals surface area contributed by atoms with E-state index in [4.69, 9.17) is 47.4 Å². The number of carbonyl (C=O) groups excluding carboxylic acids is 7. The lowest BCUT2D eigenvalue weighted by atomic mass is 9.96. The standard InChI is InChI=1S/C26H35BrO17/c1-10(28)35-8-17-20(21(38-13(4)31)23(25(27)42-17)40-15(6)33)44-26-24(41-16(7)34)22(39-14(5)32)19(37-12(3)30)18(43-26)9-36-11(2)29/h17-26H,8-9H2,1-7H3/t17-,18-,19-,20+,21+,22+,23-,24-,25-,26+/m1/s1. The van der Waals surface area contributed by atoms with Crippen LogP contribution < -0.4 is 0 Å². The number of esters is 7. The van der Waals surface area contributed by atoms with E-state index in [1.54, 1.807) is 0 Å². The molecule has 248 valence electrons. The lowest BCUT2D eigenvalue weighted by Crippen LogP contribution is -2.66. The molecule has 0 unspecified atom stereocenters. The van der Waals surface area contributed by atoms with Crippen LogP contribution in [0.1, 0.15) is 48.5 Å². The lowest BCUT2D eigenvalue weighted by molar-refractivity contribution is -0.341. The zero-order chi connectivity index (χ0) is 33.3. The Kier molecular flexibility index (Phi) is 13.9. The summed E-state index contributed by atoms with van der Waals surface area (Å²) in [5, 5.41) is -1.09. The fourth-order valence-electron chi connectivity index (χ4n) is 4.46. The normalized spacial score (nSPS) is 31.5. The zero-order valence-corrected chi connectivity index (χ0v) is 26.6. The Labute approximate surface area is 260 Å². The van der Waals surface area contributed by atoms with Crippen LogP contribution in [0.3, 0.4) is 0 Å². The van der Waals surface area contributed by atoms with Gasteiger partial charge in [-0.25, -0.2) is 0 Å². The maximum absolute atomic E-state index is 12.2. The molecule has 2 aliphatic rings. The van der Waals surface area contributed by atoms with Gasteiger partial charge in [-0.3, -0.25) is 33.6 Å². The second-order valence-electron chi connectivity index (χ2n) is 9.64. The van der Waals surface area contributed by atoms with Crippen molar-refractivity contribution in [1.29, 1.82) is 0 Å². The Bertz CT molecular complexity index is 1090. The van der Waals surface area contributed by atoms with Crippen molar-refractivity contribution in [3.8, 4) is 0 Å². The fraction of sp³-hybridized carbons (Fsp3) is 0.731. The summed E-state index contributed by atoms with van der Waals surface area (Å²) in [6.07, 6.45) is -13.2. The van der Waals surface area contributed by atoms with Gasteiger partial charge in [-0.15, -0.1) is 0 Å². The van der Waals surface area contributed by atoms with Gasteiger partial charge >= 0.3 is 41.8 Å². The molecule has 18 heteroatoms. The number of hydrogen-bond acceptors (Lipinski definition) is 17. The Morgan fingerprint density at radius 1 is 0.477 bits per heavy atom. The molecule has 0 radical (unpaired) electrons. The van der Waals surface area contributed by atoms with Crippen molar-refractivity contribution >= 4 is 57.7 Å². The third-order valence-corrected chi connectivity index (χ3v) is 6.61. The summed E-state index contributed by atoms with van der Waals surface area (Å²) in [7, 11) is 0. The van der Waals surface area contributed by atoms with Gasteiger partial charge in [0.2, 0.25) is 0 Å². The number of ether oxygens (including phenoxy) is 10. The Hall–Kier alpha value is -3.35. The predicted octanol–water partition coefficient (Wildman–Crippen LogP) is 0.00100. The molecule has 0 aromatic rings. The molecule has 44 heavy (non-hydrogen) atoms. The topological polar surface area (TPSA) is 212 Å². The smallest absolute Gasteiger partial charge is 0.303 e. The highest BCUT2D eigenvalue weighted by atomic mass is 79.9. The highest BCUT2D eigenvalue weighted by Gasteiger charge is 2.57. The maximum Gasteiger partial charge on any atom is 0.303 e. The van der Waals surface area contributed by atoms with E-state index in [1.807, 2.05) is 0 Å². The van der Waals surface area contributed by atoms with Gasteiger partial charge in [-0.05, 0) is 0 Å². The second kappa shape index (κ2) is 16.6. The molecule has 17 nitrogen and oxygen atoms in total. The van der Waals surface area contributed by atoms with E-state index >= 15 is 0 Å². The van der Waals surface area contributed by atoms with E-state index in [9.17, 15) is 33.6 Å². The van der Waals surface area contributed by atoms with E-state index in [0.717, 1.165) is 48.5 Å². The van der Waals surface area contributed by atoms with Crippen molar-refractivity contribution < 1.29 is 80.9 Å². The van der Waals surface area contributed by atoms with E-state index < -0.39 is 115 Å². The summed E-state index contributed by atoms with van der Waals surface area (Å²) >= 11 is 3.23. The molecule has 2 saturated heterocycles. The van der Waals surface area contributed by atoms with Crippen molar-refractivity contribution in [2.45, 2.75) is 109 Å². The highest BCUT2D eigenvalue weighted by molar-refractivity contribution is 9.09. The molecule has 0 spiro atoms. The minimum atomic E-state index is -1.73. The molecule has 0 N–H and O–H groups in total. The largest absolute Gasteiger partial charge is 0.463 e. The third kappa shape index (κ3) is 11.0. The maximum atomic E-state index is 12.2. The lowest BCUT2D eigenvalue weighted by Gasteiger charge is -2.48. The SMILES string of the molecule is CC(=O)OC[C@H]1O[C@@H](Br)[C@H](OC(C)=O)[C@@H](OC(C)=O)[C@H]1O[C@@H]1O[C@H](COC(C)=O)[C@@H](OC(C)=O)[C@H](OC(C)=O)[C@H]1OC(C)=O. The van der Waals surface area contributed by atoms with Crippen LogP contribution >= 0.6 is 15.9 Å². The van der Waals surface area contributed by atoms with Crippen LogP contribution in [0.2, 0.25) is 0 Å². The molecular formula is C26H35BrO17. The number of rotatable bonds is 11. The van der Waals surface area contributed by atoms with Gasteiger partial charge in [0.1, 0.15) is 31.5 Å². The summed E-state index contributed by atoms with van der Waals surface area (Å²) in [5.41, 5.74) is 0. The van der Waals surface area contributed by atoms with Crippen molar-refractivity contribution in [2.75, 3.05) is 13.2 Å². The van der Waals surface area contributed by atoms with Crippen LogP contribution in [-0.4, -0.2) is 115 Å². The Balaban J connectivity index is 2.66. The van der Waals surface area contributed by atoms with Crippen molar-refractivity contribution in [3.05, 3.63) is 0 Å². The van der Waals surface area contributed by atoms with Crippen LogP contribution in [0.15, 0.2) is 0 Å². The summed E-state index contributed by atoms with van der Waals surface area (Å²) < 4.78 is 55.2. The fourth-order valence-corrected chi connectivity index (χ4v) is 5.15. The number of carbonyl (C=O) groups is 7. The van der Waals surface area contributed by atoms with E-state index in [2.05, 4.69) is 15.9 Å². The third-order valence-electron chi connectivity index (χ3n) is 5.87. The molecule has 0 aromatic carbocycles. The Morgan fingerprint density at radius 3 is 1.27 bits per heavy atom. The summed E-state index contributed by atoms with van der Waals surface area (Å²) in [5.74, 6) is -5.63. The van der Waals surface area contributed by atoms with Gasteiger partial charge in [-0.2, -0.15) is 0 Å². The second-order valence-corrected chi connectivity index (χ2v) is 10.5. The van der Waals surface area contributed by atoms with Crippen molar-refractivity contribution in [2.24, 2.45) is 0 Å². The van der Waals surface area contributed by atoms with Crippen LogP contribution in [0.5, 0.6) is 0 Å². The first-order valence-electron chi connectivity index (χ1n) is 13.2. The summed E-state index contributed by atoms with van der Waals surface area (Å²) in [4.78, 5) is 83.8. The van der Waals surface area contributed by atoms with Gasteiger partial charge in [-0.1, -0.05) is 15.9 Å². The summed E-state index contributed by atoms with van der Waals surface area (Å²) in [6, 6.07) is 0. The van der Waals surface area contributed by atoms with Gasteiger partial charge in [0.05, 0.1) is 0 Å². The minimum absolute atomic E-state index is 0.460. The van der Waals surface area contributed by atoms with Crippen LogP contribution in [0, 0.1) is 0 Å². The summed E-state index contributed by atoms with van der Waals surface area (Å²) in [6.45, 7) is 6.57. The van der Waals surface area contributed by atoms with Crippen molar-refractivity contribution in [3.63, 3.8) is 0 Å². The van der Waals surface area contributed by atoms with Gasteiger partial charge in [0, 0.05) is 48.5 Å². The minimum Gasteiger partial charge on any atom is -0.463 e. The van der Waals surface area contributed by atoms with Crippen LogP contribution in [-0.2, 0) is 80.9 Å². The van der Waals surface area contributed by atoms with Crippen LogP contribution in [0.4, 0.5) is 0 Å². The predicted molar refractivity (Wildman–Crippen MR) is 142 cm³/mol. The van der Waals surface area contributed by atoms with Gasteiger partial charge in [0.15, 0.2) is 41.8 Å². The molecule has 0 amide bonds. The van der Waals surface area contributed by atoms with Crippen molar-refractivity contribution in [1.82, 2.24) is 0 Å². The number of hydrogen-bond donors (Lipinski definition) is 0. The molecule has 10 atom stereocenters. The molecule has 0 aliphatic carbocycles. The van der Waals surface area contributed by atoms with E-state index in [0.29, 0.717) is 0 Å². The van der Waals surface area contributed by atoms with E-state index in [-0.39, 0.29) is 0 Å². The zero-order valence-electron chi connectivity index (χ0n) is 25.0. The molecule has 0 saturated carbocycles. The number of alkyl halides is 1. The molecule has 2 fully saturated rings. The number of halogens is 1. The van der Waals surface area contributed by atoms with E-state index in [1.165, 1.54) is 0 Å². The first-order chi connectivity index (χ1) is 20.5. The van der Waals surface area contributed by atoms with Gasteiger partial charge < -0.3 is 47.4 Å². The average Bonchev–Trinajstić information content (AvgIpc) is 2.87. The molecular weight excluding hydrogens is 664 g/mol. The monoisotopic (exact) mass is 698 g/mol.